The van der Waals surface area contributed by atoms with E-state index in [4.69, 9.17) is 5.73 Å². The van der Waals surface area contributed by atoms with E-state index in [-0.39, 0.29) is 12.1 Å². The molecule has 4 nitrogen and oxygen atoms in total. The molecule has 2 rings (SSSR count). The summed E-state index contributed by atoms with van der Waals surface area (Å²) in [5, 5.41) is 0. The number of amides is 2. The fourth-order valence-corrected chi connectivity index (χ4v) is 2.08. The zero-order chi connectivity index (χ0) is 12.4. The lowest BCUT2D eigenvalue weighted by Gasteiger charge is -2.21. The molecular weight excluding hydrogens is 214 g/mol. The molecule has 1 aliphatic heterocycles. The van der Waals surface area contributed by atoms with Gasteiger partial charge in [0.1, 0.15) is 0 Å². The van der Waals surface area contributed by atoms with Gasteiger partial charge in [-0.3, -0.25) is 4.90 Å². The number of anilines is 1. The zero-order valence-electron chi connectivity index (χ0n) is 10.4. The van der Waals surface area contributed by atoms with Gasteiger partial charge in [0.05, 0.1) is 0 Å². The van der Waals surface area contributed by atoms with E-state index in [1.54, 1.807) is 0 Å². The molecule has 0 bridgehead atoms. The number of hydrogen-bond acceptors (Lipinski definition) is 2. The number of carbonyl (C=O) groups is 1. The van der Waals surface area contributed by atoms with Crippen molar-refractivity contribution in [2.24, 2.45) is 5.73 Å². The second-order valence-corrected chi connectivity index (χ2v) is 4.59. The maximum Gasteiger partial charge on any atom is 0.324 e. The van der Waals surface area contributed by atoms with Crippen molar-refractivity contribution in [2.75, 3.05) is 18.0 Å². The Morgan fingerprint density at radius 1 is 1.24 bits per heavy atom. The molecule has 0 radical (unpaired) electrons. The van der Waals surface area contributed by atoms with E-state index in [1.807, 2.05) is 47.9 Å². The summed E-state index contributed by atoms with van der Waals surface area (Å²) in [6.45, 7) is 6.18. The van der Waals surface area contributed by atoms with Crippen LogP contribution in [0, 0.1) is 0 Å². The summed E-state index contributed by atoms with van der Waals surface area (Å²) in [6.07, 6.45) is 0. The van der Waals surface area contributed by atoms with Crippen LogP contribution < -0.4 is 10.6 Å². The van der Waals surface area contributed by atoms with Crippen LogP contribution in [0.2, 0.25) is 0 Å². The smallest absolute Gasteiger partial charge is 0.324 e. The molecular formula is C13H19N3O. The lowest BCUT2D eigenvalue weighted by atomic mass is 10.2. The Hall–Kier alpha value is -1.55. The average Bonchev–Trinajstić information content (AvgIpc) is 2.71. The zero-order valence-corrected chi connectivity index (χ0v) is 10.4. The Labute approximate surface area is 102 Å². The van der Waals surface area contributed by atoms with Crippen LogP contribution in [0.4, 0.5) is 10.5 Å². The molecule has 1 aromatic rings. The van der Waals surface area contributed by atoms with Gasteiger partial charge < -0.3 is 10.6 Å². The van der Waals surface area contributed by atoms with Crippen molar-refractivity contribution in [1.29, 1.82) is 0 Å². The third-order valence-electron chi connectivity index (χ3n) is 3.15. The quantitative estimate of drug-likeness (QED) is 0.865. The molecule has 1 saturated heterocycles. The number of hydrogen-bond donors (Lipinski definition) is 1. The monoisotopic (exact) mass is 233 g/mol. The second-order valence-electron chi connectivity index (χ2n) is 4.59. The molecule has 92 valence electrons. The standard InChI is InChI=1S/C13H19N3O/c1-10(2)15-7-8-16(13(15)17)12-5-3-11(9-14)4-6-12/h3-6,10H,7-9,14H2,1-2H3. The highest BCUT2D eigenvalue weighted by molar-refractivity contribution is 5.94. The van der Waals surface area contributed by atoms with E-state index >= 15 is 0 Å². The summed E-state index contributed by atoms with van der Waals surface area (Å²) in [6, 6.07) is 8.23. The van der Waals surface area contributed by atoms with E-state index in [9.17, 15) is 4.79 Å². The SMILES string of the molecule is CC(C)N1CCN(c2ccc(CN)cc2)C1=O. The van der Waals surface area contributed by atoms with Crippen molar-refractivity contribution in [3.63, 3.8) is 0 Å². The van der Waals surface area contributed by atoms with Crippen molar-refractivity contribution in [2.45, 2.75) is 26.4 Å². The highest BCUT2D eigenvalue weighted by Gasteiger charge is 2.30. The van der Waals surface area contributed by atoms with Gasteiger partial charge in [-0.1, -0.05) is 12.1 Å². The fourth-order valence-electron chi connectivity index (χ4n) is 2.08. The van der Waals surface area contributed by atoms with Gasteiger partial charge in [0.25, 0.3) is 0 Å². The fraction of sp³-hybridized carbons (Fsp3) is 0.462. The molecule has 0 atom stereocenters. The minimum absolute atomic E-state index is 0.0977. The molecule has 1 aromatic carbocycles. The molecule has 2 amide bonds. The Morgan fingerprint density at radius 3 is 2.35 bits per heavy atom. The molecule has 0 aromatic heterocycles. The normalized spacial score (nSPS) is 16.1. The van der Waals surface area contributed by atoms with E-state index < -0.39 is 0 Å². The first-order valence-corrected chi connectivity index (χ1v) is 6.00. The first kappa shape index (κ1) is 11.9. The van der Waals surface area contributed by atoms with E-state index in [0.29, 0.717) is 6.54 Å². The molecule has 4 heteroatoms. The third kappa shape index (κ3) is 2.26. The summed E-state index contributed by atoms with van der Waals surface area (Å²) in [5.41, 5.74) is 7.59. The molecule has 0 spiro atoms. The van der Waals surface area contributed by atoms with Crippen LogP contribution in [0.15, 0.2) is 24.3 Å². The first-order chi connectivity index (χ1) is 8.13. The minimum atomic E-state index is 0.0977. The van der Waals surface area contributed by atoms with Crippen molar-refractivity contribution in [1.82, 2.24) is 4.90 Å². The van der Waals surface area contributed by atoms with Crippen LogP contribution in [0.1, 0.15) is 19.4 Å². The van der Waals surface area contributed by atoms with Crippen molar-refractivity contribution >= 4 is 11.7 Å². The van der Waals surface area contributed by atoms with Gasteiger partial charge in [0.2, 0.25) is 0 Å². The molecule has 0 aliphatic carbocycles. The highest BCUT2D eigenvalue weighted by Crippen LogP contribution is 2.21. The lowest BCUT2D eigenvalue weighted by molar-refractivity contribution is 0.209. The predicted octanol–water partition coefficient (Wildman–Crippen LogP) is 1.80. The highest BCUT2D eigenvalue weighted by atomic mass is 16.2. The first-order valence-electron chi connectivity index (χ1n) is 6.00. The van der Waals surface area contributed by atoms with Crippen LogP contribution in [0.25, 0.3) is 0 Å². The number of nitrogens with two attached hydrogens (primary N) is 1. The van der Waals surface area contributed by atoms with Gasteiger partial charge in [0, 0.05) is 31.4 Å². The molecule has 2 N–H and O–H groups in total. The van der Waals surface area contributed by atoms with Gasteiger partial charge in [-0.05, 0) is 31.5 Å². The van der Waals surface area contributed by atoms with E-state index in [0.717, 1.165) is 24.3 Å². The number of carbonyl (C=O) groups excluding carboxylic acids is 1. The molecule has 1 aliphatic rings. The van der Waals surface area contributed by atoms with E-state index in [1.165, 1.54) is 0 Å². The summed E-state index contributed by atoms with van der Waals surface area (Å²) < 4.78 is 0. The van der Waals surface area contributed by atoms with Crippen molar-refractivity contribution < 1.29 is 4.79 Å². The predicted molar refractivity (Wildman–Crippen MR) is 68.9 cm³/mol. The number of rotatable bonds is 3. The number of benzene rings is 1. The Morgan fingerprint density at radius 2 is 1.88 bits per heavy atom. The molecule has 0 saturated carbocycles. The summed E-state index contributed by atoms with van der Waals surface area (Å²) in [4.78, 5) is 15.8. The molecule has 1 heterocycles. The molecule has 17 heavy (non-hydrogen) atoms. The third-order valence-corrected chi connectivity index (χ3v) is 3.15. The summed E-state index contributed by atoms with van der Waals surface area (Å²) in [7, 11) is 0. The van der Waals surface area contributed by atoms with Gasteiger partial charge in [-0.15, -0.1) is 0 Å². The van der Waals surface area contributed by atoms with Gasteiger partial charge >= 0.3 is 6.03 Å². The van der Waals surface area contributed by atoms with Crippen LogP contribution >= 0.6 is 0 Å². The van der Waals surface area contributed by atoms with Crippen LogP contribution in [0.3, 0.4) is 0 Å². The van der Waals surface area contributed by atoms with Gasteiger partial charge in [0.15, 0.2) is 0 Å². The largest absolute Gasteiger partial charge is 0.326 e. The maximum atomic E-state index is 12.1. The minimum Gasteiger partial charge on any atom is -0.326 e. The Balaban J connectivity index is 2.15. The maximum absolute atomic E-state index is 12.1. The lowest BCUT2D eigenvalue weighted by Crippen LogP contribution is -2.36. The topological polar surface area (TPSA) is 49.6 Å². The van der Waals surface area contributed by atoms with Crippen LogP contribution in [-0.4, -0.2) is 30.1 Å². The van der Waals surface area contributed by atoms with Gasteiger partial charge in [-0.25, -0.2) is 4.79 Å². The van der Waals surface area contributed by atoms with Crippen LogP contribution in [-0.2, 0) is 6.54 Å². The van der Waals surface area contributed by atoms with Crippen molar-refractivity contribution in [3.8, 4) is 0 Å². The van der Waals surface area contributed by atoms with Crippen LogP contribution in [0.5, 0.6) is 0 Å². The second kappa shape index (κ2) is 4.75. The Kier molecular flexibility index (Phi) is 3.33. The Bertz CT molecular complexity index is 400. The molecule has 1 fully saturated rings. The van der Waals surface area contributed by atoms with Gasteiger partial charge in [-0.2, -0.15) is 0 Å². The summed E-state index contributed by atoms with van der Waals surface area (Å²) >= 11 is 0. The number of nitrogens with zero attached hydrogens (tertiary/aromatic N) is 2. The van der Waals surface area contributed by atoms with Crippen molar-refractivity contribution in [3.05, 3.63) is 29.8 Å². The molecule has 0 unspecified atom stereocenters. The van der Waals surface area contributed by atoms with E-state index in [2.05, 4.69) is 0 Å². The summed E-state index contributed by atoms with van der Waals surface area (Å²) in [5.74, 6) is 0. The average molecular weight is 233 g/mol. The number of urea groups is 1.